The van der Waals surface area contributed by atoms with E-state index in [4.69, 9.17) is 21.5 Å². The molecule has 0 radical (unpaired) electrons. The second-order valence-electron chi connectivity index (χ2n) is 2.32. The molecule has 0 amide bonds. The summed E-state index contributed by atoms with van der Waals surface area (Å²) >= 11 is 4.72. The molecule has 0 bridgehead atoms. The fraction of sp³-hybridized carbons (Fsp3) is 0.714. The van der Waals surface area contributed by atoms with Gasteiger partial charge in [0.05, 0.1) is 0 Å². The second kappa shape index (κ2) is 4.37. The maximum absolute atomic E-state index is 5.39. The molecule has 0 spiro atoms. The van der Waals surface area contributed by atoms with Crippen molar-refractivity contribution in [2.75, 3.05) is 6.61 Å². The number of H-pyrrole nitrogens is 1. The van der Waals surface area contributed by atoms with Crippen molar-refractivity contribution in [3.63, 3.8) is 0 Å². The minimum atomic E-state index is -0.0320. The van der Waals surface area contributed by atoms with Gasteiger partial charge in [0, 0.05) is 6.61 Å². The zero-order chi connectivity index (χ0) is 8.97. The zero-order valence-corrected chi connectivity index (χ0v) is 7.98. The van der Waals surface area contributed by atoms with Crippen LogP contribution >= 0.6 is 12.2 Å². The molecule has 0 aliphatic rings. The third-order valence-corrected chi connectivity index (χ3v) is 1.67. The number of nitrogens with zero attached hydrogens (tertiary/aromatic N) is 1. The molecule has 1 atom stereocenters. The quantitative estimate of drug-likeness (QED) is 0.736. The molecule has 0 saturated heterocycles. The van der Waals surface area contributed by atoms with Crippen molar-refractivity contribution in [1.82, 2.24) is 10.1 Å². The van der Waals surface area contributed by atoms with Crippen molar-refractivity contribution >= 4 is 12.2 Å². The van der Waals surface area contributed by atoms with Crippen LogP contribution in [-0.2, 0) is 4.74 Å². The summed E-state index contributed by atoms with van der Waals surface area (Å²) in [5.41, 5.74) is 0. The van der Waals surface area contributed by atoms with Crippen LogP contribution < -0.4 is 0 Å². The summed E-state index contributed by atoms with van der Waals surface area (Å²) in [5.74, 6) is 0.671. The van der Waals surface area contributed by atoms with Gasteiger partial charge in [-0.2, -0.15) is 4.98 Å². The average Bonchev–Trinajstić information content (AvgIpc) is 2.47. The largest absolute Gasteiger partial charge is 0.370 e. The lowest BCUT2D eigenvalue weighted by Gasteiger charge is -2.09. The molecule has 0 aliphatic heterocycles. The highest BCUT2D eigenvalue weighted by Crippen LogP contribution is 2.16. The molecule has 0 aliphatic carbocycles. The number of ether oxygens (including phenoxy) is 1. The minimum absolute atomic E-state index is 0.0320. The highest BCUT2D eigenvalue weighted by molar-refractivity contribution is 7.71. The van der Waals surface area contributed by atoms with E-state index in [9.17, 15) is 0 Å². The first-order valence-electron chi connectivity index (χ1n) is 3.95. The Hall–Kier alpha value is -0.680. The van der Waals surface area contributed by atoms with E-state index < -0.39 is 0 Å². The second-order valence-corrected chi connectivity index (χ2v) is 2.67. The lowest BCUT2D eigenvalue weighted by molar-refractivity contribution is 0.0518. The van der Waals surface area contributed by atoms with Crippen LogP contribution in [0.5, 0.6) is 0 Å². The van der Waals surface area contributed by atoms with E-state index in [1.54, 1.807) is 0 Å². The van der Waals surface area contributed by atoms with Gasteiger partial charge in [0.25, 0.3) is 0 Å². The Kier molecular flexibility index (Phi) is 3.43. The van der Waals surface area contributed by atoms with Crippen LogP contribution in [0.25, 0.3) is 0 Å². The first-order valence-corrected chi connectivity index (χ1v) is 4.35. The molecule has 1 aromatic heterocycles. The molecule has 0 aromatic carbocycles. The van der Waals surface area contributed by atoms with Gasteiger partial charge in [-0.3, -0.25) is 0 Å². The van der Waals surface area contributed by atoms with Crippen LogP contribution in [0.1, 0.15) is 32.2 Å². The van der Waals surface area contributed by atoms with E-state index in [1.807, 2.05) is 13.8 Å². The molecule has 0 saturated carbocycles. The Balaban J connectivity index is 2.72. The van der Waals surface area contributed by atoms with Gasteiger partial charge in [0.1, 0.15) is 6.10 Å². The van der Waals surface area contributed by atoms with E-state index in [-0.39, 0.29) is 10.9 Å². The highest BCUT2D eigenvalue weighted by Gasteiger charge is 2.12. The lowest BCUT2D eigenvalue weighted by Crippen LogP contribution is -2.04. The Morgan fingerprint density at radius 2 is 2.42 bits per heavy atom. The van der Waals surface area contributed by atoms with E-state index >= 15 is 0 Å². The highest BCUT2D eigenvalue weighted by atomic mass is 32.1. The minimum Gasteiger partial charge on any atom is -0.370 e. The van der Waals surface area contributed by atoms with E-state index in [0.717, 1.165) is 6.42 Å². The normalized spacial score (nSPS) is 13.2. The van der Waals surface area contributed by atoms with Crippen LogP contribution in [0.15, 0.2) is 4.52 Å². The number of rotatable bonds is 4. The van der Waals surface area contributed by atoms with Crippen LogP contribution in [0.3, 0.4) is 0 Å². The fourth-order valence-corrected chi connectivity index (χ4v) is 1.11. The Morgan fingerprint density at radius 3 is 2.83 bits per heavy atom. The van der Waals surface area contributed by atoms with Gasteiger partial charge in [0.2, 0.25) is 0 Å². The zero-order valence-electron chi connectivity index (χ0n) is 7.16. The molecule has 1 rings (SSSR count). The van der Waals surface area contributed by atoms with Gasteiger partial charge in [0.15, 0.2) is 5.82 Å². The van der Waals surface area contributed by atoms with E-state index in [0.29, 0.717) is 12.4 Å². The Morgan fingerprint density at radius 1 is 1.67 bits per heavy atom. The number of aromatic nitrogens is 2. The summed E-state index contributed by atoms with van der Waals surface area (Å²) in [4.78, 5) is 4.19. The number of aromatic amines is 1. The molecule has 1 heterocycles. The van der Waals surface area contributed by atoms with Crippen molar-refractivity contribution in [1.29, 1.82) is 0 Å². The van der Waals surface area contributed by atoms with Crippen LogP contribution in [0.2, 0.25) is 0 Å². The first kappa shape index (κ1) is 9.41. The smallest absolute Gasteiger partial charge is 0.314 e. The number of hydrogen-bond acceptors (Lipinski definition) is 4. The maximum Gasteiger partial charge on any atom is 0.314 e. The van der Waals surface area contributed by atoms with E-state index in [2.05, 4.69) is 10.1 Å². The molecule has 12 heavy (non-hydrogen) atoms. The summed E-state index contributed by atoms with van der Waals surface area (Å²) in [6.45, 7) is 4.62. The van der Waals surface area contributed by atoms with Gasteiger partial charge in [-0.15, -0.1) is 0 Å². The molecule has 1 N–H and O–H groups in total. The van der Waals surface area contributed by atoms with Crippen LogP contribution in [-0.4, -0.2) is 16.7 Å². The summed E-state index contributed by atoms with van der Waals surface area (Å²) in [5, 5.41) is 2.63. The van der Waals surface area contributed by atoms with Crippen molar-refractivity contribution in [3.8, 4) is 0 Å². The molecule has 68 valence electrons. The predicted octanol–water partition coefficient (Wildman–Crippen LogP) is 2.22. The summed E-state index contributed by atoms with van der Waals surface area (Å²) in [7, 11) is 0. The number of hydrogen-bond donors (Lipinski definition) is 1. The van der Waals surface area contributed by atoms with Gasteiger partial charge in [-0.05, 0) is 25.6 Å². The summed E-state index contributed by atoms with van der Waals surface area (Å²) in [6.07, 6.45) is 0.821. The van der Waals surface area contributed by atoms with E-state index in [1.165, 1.54) is 0 Å². The Labute approximate surface area is 75.9 Å². The Bertz CT molecular complexity index is 281. The van der Waals surface area contributed by atoms with Crippen molar-refractivity contribution in [3.05, 3.63) is 10.7 Å². The number of nitrogens with one attached hydrogen (secondary N) is 1. The molecular weight excluding hydrogens is 176 g/mol. The fourth-order valence-electron chi connectivity index (χ4n) is 0.969. The lowest BCUT2D eigenvalue weighted by atomic mass is 10.2. The summed E-state index contributed by atoms with van der Waals surface area (Å²) in [6, 6.07) is 0. The van der Waals surface area contributed by atoms with Crippen LogP contribution in [0, 0.1) is 4.84 Å². The summed E-state index contributed by atoms with van der Waals surface area (Å²) < 4.78 is 10.2. The molecule has 1 unspecified atom stereocenters. The van der Waals surface area contributed by atoms with Crippen molar-refractivity contribution in [2.24, 2.45) is 0 Å². The van der Waals surface area contributed by atoms with Gasteiger partial charge in [-0.1, -0.05) is 6.92 Å². The van der Waals surface area contributed by atoms with Crippen LogP contribution in [0.4, 0.5) is 0 Å². The molecule has 4 nitrogen and oxygen atoms in total. The first-order chi connectivity index (χ1) is 5.77. The monoisotopic (exact) mass is 188 g/mol. The molecule has 0 fully saturated rings. The van der Waals surface area contributed by atoms with Gasteiger partial charge >= 0.3 is 4.84 Å². The third-order valence-electron chi connectivity index (χ3n) is 1.50. The topological polar surface area (TPSA) is 51.1 Å². The maximum atomic E-state index is 5.39. The standard InChI is InChI=1S/C7H12N2O2S/c1-3-5(10-4-2)6-8-7(12)11-9-6/h5H,3-4H2,1-2H3,(H,8,9,12). The van der Waals surface area contributed by atoms with Crippen molar-refractivity contribution < 1.29 is 9.26 Å². The van der Waals surface area contributed by atoms with Gasteiger partial charge in [-0.25, -0.2) is 5.16 Å². The molecular formula is C7H12N2O2S. The average molecular weight is 188 g/mol. The van der Waals surface area contributed by atoms with Crippen molar-refractivity contribution in [2.45, 2.75) is 26.4 Å². The molecule has 1 aromatic rings. The third kappa shape index (κ3) is 2.15. The predicted molar refractivity (Wildman–Crippen MR) is 46.3 cm³/mol. The molecule has 5 heteroatoms. The van der Waals surface area contributed by atoms with Gasteiger partial charge < -0.3 is 9.26 Å². The SMILES string of the molecule is CCOC(CC)c1nc(=S)o[nH]1.